The van der Waals surface area contributed by atoms with Crippen molar-refractivity contribution in [2.24, 2.45) is 17.7 Å². The second kappa shape index (κ2) is 5.99. The standard InChI is InChI=1S/C13H26N2O/c1-10-5-7-11(8-6-10)13(15-14)12-4-2-3-9-16-12/h10-13,15H,2-9,14H2,1H3. The lowest BCUT2D eigenvalue weighted by molar-refractivity contribution is -0.0267. The lowest BCUT2D eigenvalue weighted by Crippen LogP contribution is -2.51. The van der Waals surface area contributed by atoms with Gasteiger partial charge in [-0.05, 0) is 43.9 Å². The largest absolute Gasteiger partial charge is 0.377 e. The molecule has 0 amide bonds. The normalized spacial score (nSPS) is 38.2. The van der Waals surface area contributed by atoms with E-state index < -0.39 is 0 Å². The van der Waals surface area contributed by atoms with Crippen LogP contribution in [0.1, 0.15) is 51.9 Å². The Labute approximate surface area is 99.1 Å². The molecule has 3 heteroatoms. The van der Waals surface area contributed by atoms with Gasteiger partial charge in [0.1, 0.15) is 0 Å². The van der Waals surface area contributed by atoms with E-state index in [1.807, 2.05) is 0 Å². The molecule has 1 heterocycles. The fraction of sp³-hybridized carbons (Fsp3) is 1.00. The number of nitrogens with one attached hydrogen (secondary N) is 1. The molecular formula is C13H26N2O. The Morgan fingerprint density at radius 3 is 2.44 bits per heavy atom. The topological polar surface area (TPSA) is 47.3 Å². The molecule has 2 atom stereocenters. The van der Waals surface area contributed by atoms with Gasteiger partial charge in [-0.25, -0.2) is 0 Å². The van der Waals surface area contributed by atoms with Gasteiger partial charge < -0.3 is 4.74 Å². The average Bonchev–Trinajstić information content (AvgIpc) is 2.34. The van der Waals surface area contributed by atoms with Crippen molar-refractivity contribution in [3.8, 4) is 0 Å². The van der Waals surface area contributed by atoms with Gasteiger partial charge >= 0.3 is 0 Å². The van der Waals surface area contributed by atoms with Crippen molar-refractivity contribution in [2.45, 2.75) is 64.0 Å². The Kier molecular flexibility index (Phi) is 4.62. The minimum absolute atomic E-state index is 0.358. The summed E-state index contributed by atoms with van der Waals surface area (Å²) >= 11 is 0. The molecule has 3 N–H and O–H groups in total. The molecule has 0 aromatic heterocycles. The van der Waals surface area contributed by atoms with Crippen LogP contribution in [0.3, 0.4) is 0 Å². The fourth-order valence-corrected chi connectivity index (χ4v) is 3.24. The van der Waals surface area contributed by atoms with E-state index in [1.54, 1.807) is 0 Å². The highest BCUT2D eigenvalue weighted by Gasteiger charge is 2.32. The zero-order valence-electron chi connectivity index (χ0n) is 10.5. The van der Waals surface area contributed by atoms with Crippen molar-refractivity contribution in [1.82, 2.24) is 5.43 Å². The molecule has 94 valence electrons. The van der Waals surface area contributed by atoms with Crippen LogP contribution in [-0.2, 0) is 4.74 Å². The molecule has 1 aliphatic carbocycles. The summed E-state index contributed by atoms with van der Waals surface area (Å²) in [4.78, 5) is 0. The highest BCUT2D eigenvalue weighted by molar-refractivity contribution is 4.86. The molecular weight excluding hydrogens is 200 g/mol. The van der Waals surface area contributed by atoms with E-state index in [4.69, 9.17) is 10.6 Å². The van der Waals surface area contributed by atoms with E-state index in [-0.39, 0.29) is 0 Å². The van der Waals surface area contributed by atoms with Crippen LogP contribution >= 0.6 is 0 Å². The summed E-state index contributed by atoms with van der Waals surface area (Å²) in [7, 11) is 0. The summed E-state index contributed by atoms with van der Waals surface area (Å²) in [6.45, 7) is 3.28. The third kappa shape index (κ3) is 2.96. The number of rotatable bonds is 3. The molecule has 16 heavy (non-hydrogen) atoms. The minimum atomic E-state index is 0.358. The van der Waals surface area contributed by atoms with Gasteiger partial charge in [0, 0.05) is 6.61 Å². The summed E-state index contributed by atoms with van der Waals surface area (Å²) in [6.07, 6.45) is 9.40. The van der Waals surface area contributed by atoms with Crippen molar-refractivity contribution in [3.63, 3.8) is 0 Å². The van der Waals surface area contributed by atoms with Gasteiger partial charge in [0.05, 0.1) is 12.1 Å². The van der Waals surface area contributed by atoms with Crippen LogP contribution in [0.15, 0.2) is 0 Å². The maximum atomic E-state index is 5.87. The minimum Gasteiger partial charge on any atom is -0.377 e. The lowest BCUT2D eigenvalue weighted by atomic mass is 9.77. The van der Waals surface area contributed by atoms with Crippen LogP contribution in [0.4, 0.5) is 0 Å². The predicted molar refractivity (Wildman–Crippen MR) is 65.8 cm³/mol. The zero-order chi connectivity index (χ0) is 11.4. The molecule has 2 aliphatic rings. The van der Waals surface area contributed by atoms with Crippen LogP contribution in [-0.4, -0.2) is 18.8 Å². The van der Waals surface area contributed by atoms with Crippen LogP contribution in [0.2, 0.25) is 0 Å². The monoisotopic (exact) mass is 226 g/mol. The Balaban J connectivity index is 1.88. The van der Waals surface area contributed by atoms with E-state index in [9.17, 15) is 0 Å². The number of nitrogens with two attached hydrogens (primary N) is 1. The predicted octanol–water partition coefficient (Wildman–Crippen LogP) is 2.21. The van der Waals surface area contributed by atoms with E-state index in [1.165, 1.54) is 44.9 Å². The molecule has 2 rings (SSSR count). The third-order valence-electron chi connectivity index (χ3n) is 4.38. The summed E-state index contributed by atoms with van der Waals surface area (Å²) in [5, 5.41) is 0. The molecule has 0 aromatic rings. The second-order valence-electron chi connectivity index (χ2n) is 5.62. The third-order valence-corrected chi connectivity index (χ3v) is 4.38. The van der Waals surface area contributed by atoms with Crippen molar-refractivity contribution in [2.75, 3.05) is 6.61 Å². The Bertz CT molecular complexity index is 196. The average molecular weight is 226 g/mol. The maximum absolute atomic E-state index is 5.87. The Morgan fingerprint density at radius 1 is 1.12 bits per heavy atom. The Morgan fingerprint density at radius 2 is 1.88 bits per heavy atom. The molecule has 3 nitrogen and oxygen atoms in total. The maximum Gasteiger partial charge on any atom is 0.0744 e. The summed E-state index contributed by atoms with van der Waals surface area (Å²) in [5.41, 5.74) is 3.03. The quantitative estimate of drug-likeness (QED) is 0.573. The summed E-state index contributed by atoms with van der Waals surface area (Å²) < 4.78 is 5.87. The van der Waals surface area contributed by atoms with Crippen LogP contribution in [0, 0.1) is 11.8 Å². The number of hydrazine groups is 1. The highest BCUT2D eigenvalue weighted by atomic mass is 16.5. The number of hydrogen-bond donors (Lipinski definition) is 2. The summed E-state index contributed by atoms with van der Waals surface area (Å²) in [6, 6.07) is 0.382. The van der Waals surface area contributed by atoms with Gasteiger partial charge in [-0.2, -0.15) is 0 Å². The van der Waals surface area contributed by atoms with Gasteiger partial charge in [-0.3, -0.25) is 11.3 Å². The SMILES string of the molecule is CC1CCC(C(NN)C2CCCCO2)CC1. The molecule has 0 bridgehead atoms. The van der Waals surface area contributed by atoms with Crippen LogP contribution in [0.25, 0.3) is 0 Å². The van der Waals surface area contributed by atoms with E-state index in [0.29, 0.717) is 12.1 Å². The summed E-state index contributed by atoms with van der Waals surface area (Å²) in [5.74, 6) is 7.37. The van der Waals surface area contributed by atoms with Gasteiger partial charge in [0.25, 0.3) is 0 Å². The van der Waals surface area contributed by atoms with Crippen LogP contribution < -0.4 is 11.3 Å². The molecule has 0 spiro atoms. The molecule has 1 saturated heterocycles. The smallest absolute Gasteiger partial charge is 0.0744 e. The molecule has 1 saturated carbocycles. The Hall–Kier alpha value is -0.120. The van der Waals surface area contributed by atoms with Crippen LogP contribution in [0.5, 0.6) is 0 Å². The van der Waals surface area contributed by atoms with Crippen molar-refractivity contribution >= 4 is 0 Å². The van der Waals surface area contributed by atoms with E-state index >= 15 is 0 Å². The van der Waals surface area contributed by atoms with E-state index in [0.717, 1.165) is 18.4 Å². The molecule has 2 unspecified atom stereocenters. The zero-order valence-corrected chi connectivity index (χ0v) is 10.5. The van der Waals surface area contributed by atoms with Crippen molar-refractivity contribution in [1.29, 1.82) is 0 Å². The molecule has 0 aromatic carbocycles. The first-order valence-electron chi connectivity index (χ1n) is 6.89. The fourth-order valence-electron chi connectivity index (χ4n) is 3.24. The first kappa shape index (κ1) is 12.3. The number of ether oxygens (including phenoxy) is 1. The van der Waals surface area contributed by atoms with Crippen molar-refractivity contribution in [3.05, 3.63) is 0 Å². The highest BCUT2D eigenvalue weighted by Crippen LogP contribution is 2.33. The van der Waals surface area contributed by atoms with Gasteiger partial charge in [-0.15, -0.1) is 0 Å². The van der Waals surface area contributed by atoms with Gasteiger partial charge in [-0.1, -0.05) is 19.8 Å². The van der Waals surface area contributed by atoms with E-state index in [2.05, 4.69) is 12.3 Å². The second-order valence-corrected chi connectivity index (χ2v) is 5.62. The first-order valence-corrected chi connectivity index (χ1v) is 6.89. The lowest BCUT2D eigenvalue weighted by Gasteiger charge is -2.38. The van der Waals surface area contributed by atoms with Crippen molar-refractivity contribution < 1.29 is 4.74 Å². The van der Waals surface area contributed by atoms with Gasteiger partial charge in [0.15, 0.2) is 0 Å². The molecule has 1 aliphatic heterocycles. The van der Waals surface area contributed by atoms with Gasteiger partial charge in [0.2, 0.25) is 0 Å². The number of hydrogen-bond acceptors (Lipinski definition) is 3. The molecule has 0 radical (unpaired) electrons. The first-order chi connectivity index (χ1) is 7.81. The molecule has 2 fully saturated rings.